The Kier molecular flexibility index (Phi) is 4.63. The molecule has 0 bridgehead atoms. The monoisotopic (exact) mass is 208 g/mol. The van der Waals surface area contributed by atoms with Gasteiger partial charge in [0.15, 0.2) is 0 Å². The van der Waals surface area contributed by atoms with Crippen LogP contribution in [0.5, 0.6) is 5.75 Å². The van der Waals surface area contributed by atoms with Crippen LogP contribution in [-0.2, 0) is 11.2 Å². The molecule has 82 valence electrons. The number of hydrogen-bond donors (Lipinski definition) is 2. The van der Waals surface area contributed by atoms with Crippen LogP contribution in [0, 0.1) is 0 Å². The highest BCUT2D eigenvalue weighted by atomic mass is 16.5. The van der Waals surface area contributed by atoms with Gasteiger partial charge in [0.05, 0.1) is 7.11 Å². The highest BCUT2D eigenvalue weighted by Gasteiger charge is 1.99. The van der Waals surface area contributed by atoms with E-state index in [-0.39, 0.29) is 5.91 Å². The molecule has 15 heavy (non-hydrogen) atoms. The van der Waals surface area contributed by atoms with Crippen LogP contribution < -0.4 is 16.0 Å². The topological polar surface area (TPSA) is 64.3 Å². The van der Waals surface area contributed by atoms with Crippen LogP contribution in [0.3, 0.4) is 0 Å². The first-order valence-electron chi connectivity index (χ1n) is 4.88. The Hall–Kier alpha value is -1.55. The lowest BCUT2D eigenvalue weighted by Gasteiger charge is -2.03. The number of methoxy groups -OCH3 is 1. The Labute approximate surface area is 89.4 Å². The lowest BCUT2D eigenvalue weighted by molar-refractivity contribution is -0.121. The molecule has 1 aromatic rings. The van der Waals surface area contributed by atoms with Gasteiger partial charge in [-0.3, -0.25) is 10.2 Å². The summed E-state index contributed by atoms with van der Waals surface area (Å²) in [5.74, 6) is 5.70. The molecule has 0 saturated carbocycles. The van der Waals surface area contributed by atoms with Gasteiger partial charge < -0.3 is 4.74 Å². The summed E-state index contributed by atoms with van der Waals surface area (Å²) < 4.78 is 5.05. The number of carbonyl (C=O) groups excluding carboxylic acids is 1. The number of benzene rings is 1. The lowest BCUT2D eigenvalue weighted by atomic mass is 10.1. The zero-order valence-corrected chi connectivity index (χ0v) is 8.82. The molecule has 4 nitrogen and oxygen atoms in total. The van der Waals surface area contributed by atoms with E-state index in [9.17, 15) is 4.79 Å². The smallest absolute Gasteiger partial charge is 0.233 e. The van der Waals surface area contributed by atoms with Crippen LogP contribution in [0.2, 0.25) is 0 Å². The van der Waals surface area contributed by atoms with E-state index >= 15 is 0 Å². The molecule has 0 aliphatic carbocycles. The van der Waals surface area contributed by atoms with Crippen molar-refractivity contribution in [3.05, 3.63) is 29.8 Å². The van der Waals surface area contributed by atoms with E-state index in [1.165, 1.54) is 5.56 Å². The third-order valence-corrected chi connectivity index (χ3v) is 2.19. The zero-order valence-electron chi connectivity index (χ0n) is 8.82. The predicted octanol–water partition coefficient (Wildman–Crippen LogP) is 1.01. The maximum absolute atomic E-state index is 10.8. The third-order valence-electron chi connectivity index (χ3n) is 2.19. The molecule has 1 rings (SSSR count). The van der Waals surface area contributed by atoms with E-state index < -0.39 is 0 Å². The van der Waals surface area contributed by atoms with Gasteiger partial charge in [0.1, 0.15) is 5.75 Å². The maximum atomic E-state index is 10.8. The number of hydrazine groups is 1. The summed E-state index contributed by atoms with van der Waals surface area (Å²) in [6, 6.07) is 7.83. The van der Waals surface area contributed by atoms with Crippen LogP contribution >= 0.6 is 0 Å². The molecule has 0 unspecified atom stereocenters. The minimum atomic E-state index is -0.122. The Morgan fingerprint density at radius 1 is 1.40 bits per heavy atom. The fourth-order valence-corrected chi connectivity index (χ4v) is 1.32. The van der Waals surface area contributed by atoms with Crippen LogP contribution in [0.15, 0.2) is 24.3 Å². The summed E-state index contributed by atoms with van der Waals surface area (Å²) in [7, 11) is 1.64. The van der Waals surface area contributed by atoms with Gasteiger partial charge in [0, 0.05) is 6.42 Å². The van der Waals surface area contributed by atoms with Gasteiger partial charge in [-0.15, -0.1) is 0 Å². The van der Waals surface area contributed by atoms with E-state index in [0.717, 1.165) is 18.6 Å². The minimum Gasteiger partial charge on any atom is -0.497 e. The fourth-order valence-electron chi connectivity index (χ4n) is 1.32. The first kappa shape index (κ1) is 11.5. The van der Waals surface area contributed by atoms with Crippen LogP contribution in [0.4, 0.5) is 0 Å². The standard InChI is InChI=1S/C11H16N2O2/c1-15-10-7-5-9(6-8-10)3-2-4-11(14)13-12/h5-8H,2-4,12H2,1H3,(H,13,14). The molecule has 0 aliphatic heterocycles. The SMILES string of the molecule is COc1ccc(CCCC(=O)NN)cc1. The van der Waals surface area contributed by atoms with Crippen LogP contribution in [-0.4, -0.2) is 13.0 Å². The number of ether oxygens (including phenoxy) is 1. The Morgan fingerprint density at radius 2 is 2.07 bits per heavy atom. The normalized spacial score (nSPS) is 9.73. The molecular formula is C11H16N2O2. The number of amides is 1. The Morgan fingerprint density at radius 3 is 2.60 bits per heavy atom. The Balaban J connectivity index is 2.34. The Bertz CT molecular complexity index is 309. The molecule has 0 fully saturated rings. The zero-order chi connectivity index (χ0) is 11.1. The van der Waals surface area contributed by atoms with Crippen molar-refractivity contribution in [3.8, 4) is 5.75 Å². The van der Waals surface area contributed by atoms with E-state index in [0.29, 0.717) is 6.42 Å². The molecule has 0 spiro atoms. The number of aryl methyl sites for hydroxylation is 1. The van der Waals surface area contributed by atoms with Crippen molar-refractivity contribution in [1.29, 1.82) is 0 Å². The first-order valence-corrected chi connectivity index (χ1v) is 4.88. The highest BCUT2D eigenvalue weighted by molar-refractivity contribution is 5.75. The summed E-state index contributed by atoms with van der Waals surface area (Å²) >= 11 is 0. The molecule has 4 heteroatoms. The van der Waals surface area contributed by atoms with Gasteiger partial charge in [-0.05, 0) is 30.5 Å². The molecule has 0 aliphatic rings. The molecular weight excluding hydrogens is 192 g/mol. The number of carbonyl (C=O) groups is 1. The second-order valence-electron chi connectivity index (χ2n) is 3.27. The predicted molar refractivity (Wildman–Crippen MR) is 58.3 cm³/mol. The number of rotatable bonds is 5. The number of nitrogens with two attached hydrogens (primary N) is 1. The summed E-state index contributed by atoms with van der Waals surface area (Å²) in [4.78, 5) is 10.8. The van der Waals surface area contributed by atoms with Crippen molar-refractivity contribution in [2.75, 3.05) is 7.11 Å². The van der Waals surface area contributed by atoms with Crippen molar-refractivity contribution in [1.82, 2.24) is 5.43 Å². The largest absolute Gasteiger partial charge is 0.497 e. The third kappa shape index (κ3) is 3.99. The molecule has 0 radical (unpaired) electrons. The van der Waals surface area contributed by atoms with Crippen molar-refractivity contribution in [3.63, 3.8) is 0 Å². The van der Waals surface area contributed by atoms with Gasteiger partial charge in [0.2, 0.25) is 5.91 Å². The summed E-state index contributed by atoms with van der Waals surface area (Å²) in [6.07, 6.45) is 2.13. The van der Waals surface area contributed by atoms with E-state index in [1.807, 2.05) is 24.3 Å². The van der Waals surface area contributed by atoms with Crippen molar-refractivity contribution >= 4 is 5.91 Å². The average Bonchev–Trinajstić information content (AvgIpc) is 2.29. The average molecular weight is 208 g/mol. The quantitative estimate of drug-likeness (QED) is 0.431. The molecule has 0 heterocycles. The molecule has 3 N–H and O–H groups in total. The van der Waals surface area contributed by atoms with Crippen molar-refractivity contribution in [2.24, 2.45) is 5.84 Å². The highest BCUT2D eigenvalue weighted by Crippen LogP contribution is 2.12. The fraction of sp³-hybridized carbons (Fsp3) is 0.364. The molecule has 0 aromatic heterocycles. The van der Waals surface area contributed by atoms with Gasteiger partial charge in [-0.25, -0.2) is 5.84 Å². The molecule has 0 atom stereocenters. The second kappa shape index (κ2) is 6.03. The first-order chi connectivity index (χ1) is 7.26. The van der Waals surface area contributed by atoms with Gasteiger partial charge in [-0.2, -0.15) is 0 Å². The van der Waals surface area contributed by atoms with Gasteiger partial charge in [-0.1, -0.05) is 12.1 Å². The number of hydrogen-bond acceptors (Lipinski definition) is 3. The van der Waals surface area contributed by atoms with Crippen molar-refractivity contribution < 1.29 is 9.53 Å². The molecule has 1 amide bonds. The minimum absolute atomic E-state index is 0.122. The number of nitrogens with one attached hydrogen (secondary N) is 1. The maximum Gasteiger partial charge on any atom is 0.233 e. The van der Waals surface area contributed by atoms with Gasteiger partial charge in [0.25, 0.3) is 0 Å². The summed E-state index contributed by atoms with van der Waals surface area (Å²) in [6.45, 7) is 0. The van der Waals surface area contributed by atoms with Crippen LogP contribution in [0.25, 0.3) is 0 Å². The van der Waals surface area contributed by atoms with E-state index in [2.05, 4.69) is 5.43 Å². The van der Waals surface area contributed by atoms with E-state index in [4.69, 9.17) is 10.6 Å². The second-order valence-corrected chi connectivity index (χ2v) is 3.27. The van der Waals surface area contributed by atoms with Crippen molar-refractivity contribution in [2.45, 2.75) is 19.3 Å². The molecule has 1 aromatic carbocycles. The summed E-state index contributed by atoms with van der Waals surface area (Å²) in [5, 5.41) is 0. The summed E-state index contributed by atoms with van der Waals surface area (Å²) in [5.41, 5.74) is 3.31. The lowest BCUT2D eigenvalue weighted by Crippen LogP contribution is -2.29. The van der Waals surface area contributed by atoms with Crippen LogP contribution in [0.1, 0.15) is 18.4 Å². The van der Waals surface area contributed by atoms with E-state index in [1.54, 1.807) is 7.11 Å². The van der Waals surface area contributed by atoms with Gasteiger partial charge >= 0.3 is 0 Å². The molecule has 0 saturated heterocycles.